The molecule has 2 aromatic rings. The Kier molecular flexibility index (Phi) is 7.73. The van der Waals surface area contributed by atoms with E-state index in [9.17, 15) is 8.42 Å². The number of hydrogen-bond donors (Lipinski definition) is 2. The van der Waals surface area contributed by atoms with Crippen molar-refractivity contribution in [3.63, 3.8) is 0 Å². The van der Waals surface area contributed by atoms with Crippen molar-refractivity contribution in [1.29, 1.82) is 0 Å². The molecule has 3 rings (SSSR count). The maximum Gasteiger partial charge on any atom is 0.225 e. The average Bonchev–Trinajstić information content (AvgIpc) is 2.74. The third-order valence-electron chi connectivity index (χ3n) is 5.40. The molecule has 0 unspecified atom stereocenters. The van der Waals surface area contributed by atoms with Crippen molar-refractivity contribution in [2.75, 3.05) is 43.8 Å². The number of sulfonamides is 1. The van der Waals surface area contributed by atoms with E-state index in [0.717, 1.165) is 16.2 Å². The van der Waals surface area contributed by atoms with Crippen molar-refractivity contribution in [3.05, 3.63) is 23.9 Å². The van der Waals surface area contributed by atoms with Crippen molar-refractivity contribution < 1.29 is 17.9 Å². The molecule has 9 nitrogen and oxygen atoms in total. The zero-order chi connectivity index (χ0) is 23.5. The summed E-state index contributed by atoms with van der Waals surface area (Å²) >= 11 is 1.57. The first-order chi connectivity index (χ1) is 15.1. The van der Waals surface area contributed by atoms with Gasteiger partial charge in [-0.3, -0.25) is 0 Å². The molecule has 11 heteroatoms. The molecule has 0 amide bonds. The molecule has 0 spiro atoms. The lowest BCUT2D eigenvalue weighted by molar-refractivity contribution is 0.331. The van der Waals surface area contributed by atoms with E-state index in [1.807, 2.05) is 18.4 Å². The van der Waals surface area contributed by atoms with Crippen LogP contribution in [-0.4, -0.2) is 61.4 Å². The first-order valence-electron chi connectivity index (χ1n) is 10.4. The fourth-order valence-corrected chi connectivity index (χ4v) is 5.02. The Hall–Kier alpha value is -2.24. The number of piperidine rings is 1. The summed E-state index contributed by atoms with van der Waals surface area (Å²) in [6.07, 6.45) is 6.13. The van der Waals surface area contributed by atoms with Crippen LogP contribution in [0, 0.1) is 0 Å². The summed E-state index contributed by atoms with van der Waals surface area (Å²) in [4.78, 5) is 9.67. The monoisotopic (exact) mass is 481 g/mol. The van der Waals surface area contributed by atoms with Crippen molar-refractivity contribution >= 4 is 33.6 Å². The second kappa shape index (κ2) is 10.1. The number of rotatable bonds is 8. The Bertz CT molecular complexity index is 1050. The lowest BCUT2D eigenvalue weighted by atomic mass is 10.0. The van der Waals surface area contributed by atoms with Crippen LogP contribution in [-0.2, 0) is 10.0 Å². The molecule has 3 N–H and O–H groups in total. The number of nitrogens with one attached hydrogen (secondary N) is 1. The van der Waals surface area contributed by atoms with Gasteiger partial charge in [-0.15, -0.1) is 11.8 Å². The Morgan fingerprint density at radius 3 is 2.44 bits per heavy atom. The Morgan fingerprint density at radius 2 is 1.91 bits per heavy atom. The number of nitrogens with two attached hydrogens (primary N) is 1. The smallest absolute Gasteiger partial charge is 0.225 e. The molecule has 1 saturated heterocycles. The third kappa shape index (κ3) is 5.76. The van der Waals surface area contributed by atoms with Crippen molar-refractivity contribution in [1.82, 2.24) is 14.3 Å². The van der Waals surface area contributed by atoms with E-state index in [1.165, 1.54) is 10.6 Å². The van der Waals surface area contributed by atoms with Crippen molar-refractivity contribution in [3.8, 4) is 17.2 Å². The minimum atomic E-state index is -3.16. The van der Waals surface area contributed by atoms with E-state index in [2.05, 4.69) is 29.1 Å². The molecule has 1 fully saturated rings. The molecular formula is C21H31N5O4S2. The number of anilines is 2. The summed E-state index contributed by atoms with van der Waals surface area (Å²) in [5.41, 5.74) is 7.17. The zero-order valence-electron chi connectivity index (χ0n) is 19.1. The van der Waals surface area contributed by atoms with E-state index in [4.69, 9.17) is 15.2 Å². The van der Waals surface area contributed by atoms with Crippen LogP contribution in [0.25, 0.3) is 0 Å². The van der Waals surface area contributed by atoms with Crippen molar-refractivity contribution in [2.24, 2.45) is 0 Å². The molecule has 0 bridgehead atoms. The molecule has 32 heavy (non-hydrogen) atoms. The molecular weight excluding hydrogens is 450 g/mol. The molecule has 1 aliphatic heterocycles. The third-order valence-corrected chi connectivity index (χ3v) is 7.46. The maximum absolute atomic E-state index is 11.7. The standard InChI is InChI=1S/C21H31N5O4S2/c1-13(2)15-10-17(29-3)19(31-4)11-16(15)30-18-12-23-21(25-20(18)22)24-14-6-8-26(9-7-14)32(5,27)28/h10-14H,6-9H2,1-5H3,(H3,22,23,24,25). The second-order valence-electron chi connectivity index (χ2n) is 8.03. The SMILES string of the molecule is COc1cc(C(C)C)c(Oc2cnc(NC3CCN(S(C)(=O)=O)CC3)nc2N)cc1SC. The summed E-state index contributed by atoms with van der Waals surface area (Å²) in [6.45, 7) is 5.12. The molecule has 0 aliphatic carbocycles. The highest BCUT2D eigenvalue weighted by Crippen LogP contribution is 2.40. The predicted octanol–water partition coefficient (Wildman–Crippen LogP) is 3.54. The normalized spacial score (nSPS) is 15.7. The van der Waals surface area contributed by atoms with Crippen molar-refractivity contribution in [2.45, 2.75) is 43.5 Å². The summed E-state index contributed by atoms with van der Waals surface area (Å²) in [7, 11) is -1.50. The van der Waals surface area contributed by atoms with Gasteiger partial charge in [0.2, 0.25) is 16.0 Å². The summed E-state index contributed by atoms with van der Waals surface area (Å²) in [6, 6.07) is 4.01. The number of hydrogen-bond acceptors (Lipinski definition) is 9. The largest absolute Gasteiger partial charge is 0.496 e. The second-order valence-corrected chi connectivity index (χ2v) is 10.9. The van der Waals surface area contributed by atoms with Crippen LogP contribution in [0.3, 0.4) is 0 Å². The number of methoxy groups -OCH3 is 1. The lowest BCUT2D eigenvalue weighted by Crippen LogP contribution is -2.42. The minimum absolute atomic E-state index is 0.0810. The fraction of sp³-hybridized carbons (Fsp3) is 0.524. The number of nitrogen functional groups attached to an aromatic ring is 1. The topological polar surface area (TPSA) is 120 Å². The van der Waals surface area contributed by atoms with Crippen LogP contribution < -0.4 is 20.5 Å². The van der Waals surface area contributed by atoms with Gasteiger partial charge in [-0.2, -0.15) is 4.98 Å². The van der Waals surface area contributed by atoms with Gasteiger partial charge in [-0.1, -0.05) is 13.8 Å². The molecule has 1 aliphatic rings. The van der Waals surface area contributed by atoms with Gasteiger partial charge in [0.25, 0.3) is 0 Å². The molecule has 0 saturated carbocycles. The number of ether oxygens (including phenoxy) is 2. The van der Waals surface area contributed by atoms with Crippen LogP contribution in [0.1, 0.15) is 38.2 Å². The van der Waals surface area contributed by atoms with E-state index in [0.29, 0.717) is 43.4 Å². The quantitative estimate of drug-likeness (QED) is 0.545. The number of thioether (sulfide) groups is 1. The molecule has 1 aromatic heterocycles. The van der Waals surface area contributed by atoms with Gasteiger partial charge in [0, 0.05) is 24.7 Å². The molecule has 2 heterocycles. The first-order valence-corrected chi connectivity index (χ1v) is 13.5. The maximum atomic E-state index is 11.7. The van der Waals surface area contributed by atoms with Crippen LogP contribution in [0.4, 0.5) is 11.8 Å². The van der Waals surface area contributed by atoms with Gasteiger partial charge < -0.3 is 20.5 Å². The van der Waals surface area contributed by atoms with Crippen LogP contribution in [0.2, 0.25) is 0 Å². The molecule has 176 valence electrons. The summed E-state index contributed by atoms with van der Waals surface area (Å²) in [5, 5.41) is 3.25. The van der Waals surface area contributed by atoms with E-state index >= 15 is 0 Å². The Morgan fingerprint density at radius 1 is 1.22 bits per heavy atom. The fourth-order valence-electron chi connectivity index (χ4n) is 3.58. The molecule has 0 radical (unpaired) electrons. The minimum Gasteiger partial charge on any atom is -0.496 e. The highest BCUT2D eigenvalue weighted by atomic mass is 32.2. The first kappa shape index (κ1) is 24.4. The molecule has 1 aromatic carbocycles. The summed E-state index contributed by atoms with van der Waals surface area (Å²) < 4.78 is 36.4. The number of benzene rings is 1. The highest BCUT2D eigenvalue weighted by molar-refractivity contribution is 7.98. The van der Waals surface area contributed by atoms with Gasteiger partial charge in [-0.25, -0.2) is 17.7 Å². The van der Waals surface area contributed by atoms with Gasteiger partial charge in [0.15, 0.2) is 11.6 Å². The van der Waals surface area contributed by atoms with Crippen LogP contribution in [0.15, 0.2) is 23.2 Å². The van der Waals surface area contributed by atoms with E-state index in [1.54, 1.807) is 25.1 Å². The Labute approximate surface area is 194 Å². The highest BCUT2D eigenvalue weighted by Gasteiger charge is 2.25. The Balaban J connectivity index is 1.74. The van der Waals surface area contributed by atoms with E-state index in [-0.39, 0.29) is 17.8 Å². The number of aromatic nitrogens is 2. The lowest BCUT2D eigenvalue weighted by Gasteiger charge is -2.30. The van der Waals surface area contributed by atoms with Gasteiger partial charge >= 0.3 is 0 Å². The zero-order valence-corrected chi connectivity index (χ0v) is 20.7. The number of nitrogens with zero attached hydrogens (tertiary/aromatic N) is 3. The van der Waals surface area contributed by atoms with Gasteiger partial charge in [0.05, 0.1) is 24.5 Å². The summed E-state index contributed by atoms with van der Waals surface area (Å²) in [5.74, 6) is 2.72. The predicted molar refractivity (Wildman–Crippen MR) is 128 cm³/mol. The van der Waals surface area contributed by atoms with Gasteiger partial charge in [0.1, 0.15) is 11.5 Å². The molecule has 0 atom stereocenters. The van der Waals surface area contributed by atoms with Crippen LogP contribution >= 0.6 is 11.8 Å². The van der Waals surface area contributed by atoms with Crippen LogP contribution in [0.5, 0.6) is 17.2 Å². The average molecular weight is 482 g/mol. The van der Waals surface area contributed by atoms with Gasteiger partial charge in [-0.05, 0) is 37.1 Å². The van der Waals surface area contributed by atoms with E-state index < -0.39 is 10.0 Å².